The highest BCUT2D eigenvalue weighted by molar-refractivity contribution is 5.92. The van der Waals surface area contributed by atoms with Gasteiger partial charge in [0.15, 0.2) is 6.10 Å². The number of ether oxygens (including phenoxy) is 6. The maximum atomic E-state index is 15.9. The van der Waals surface area contributed by atoms with Gasteiger partial charge in [-0.05, 0) is 130 Å². The van der Waals surface area contributed by atoms with Gasteiger partial charge < -0.3 is 44.0 Å². The Balaban J connectivity index is 1.03. The molecule has 86 heavy (non-hydrogen) atoms. The lowest BCUT2D eigenvalue weighted by atomic mass is 9.47. The molecule has 5 heterocycles. The van der Waals surface area contributed by atoms with E-state index in [1.807, 2.05) is 68.5 Å². The van der Waals surface area contributed by atoms with Crippen LogP contribution in [0.4, 0.5) is 16.2 Å². The molecule has 17 heteroatoms. The molecule has 2 bridgehead atoms. The van der Waals surface area contributed by atoms with Gasteiger partial charge in [-0.15, -0.1) is 0 Å². The molecule has 3 fully saturated rings. The van der Waals surface area contributed by atoms with Crippen LogP contribution in [0.2, 0.25) is 0 Å². The molecule has 8 aliphatic rings. The molecular formula is C69H92N4O13. The molecule has 1 spiro atoms. The Labute approximate surface area is 508 Å². The van der Waals surface area contributed by atoms with Crippen LogP contribution in [0.25, 0.3) is 0 Å². The molecule has 3 aliphatic carbocycles. The predicted octanol–water partition coefficient (Wildman–Crippen LogP) is 10.5. The normalized spacial score (nSPS) is 35.1. The van der Waals surface area contributed by atoms with Crippen molar-refractivity contribution in [3.63, 3.8) is 0 Å². The van der Waals surface area contributed by atoms with Crippen molar-refractivity contribution in [2.45, 2.75) is 179 Å². The summed E-state index contributed by atoms with van der Waals surface area (Å²) in [6.45, 7) is 21.0. The number of esters is 3. The molecule has 0 amide bonds. The zero-order valence-electron chi connectivity index (χ0n) is 52.9. The van der Waals surface area contributed by atoms with Crippen LogP contribution in [0, 0.1) is 22.2 Å². The van der Waals surface area contributed by atoms with Crippen molar-refractivity contribution in [3.05, 3.63) is 124 Å². The Bertz CT molecular complexity index is 3160. The maximum absolute atomic E-state index is 15.9. The Morgan fingerprint density at radius 1 is 0.802 bits per heavy atom. The van der Waals surface area contributed by atoms with Crippen molar-refractivity contribution in [1.29, 1.82) is 0 Å². The Morgan fingerprint density at radius 2 is 1.49 bits per heavy atom. The quantitative estimate of drug-likeness (QED) is 0.0659. The number of nitrogens with one attached hydrogen (secondary N) is 1. The number of fused-ring (bicyclic) bond motifs is 3. The van der Waals surface area contributed by atoms with Gasteiger partial charge in [0, 0.05) is 79.4 Å². The first-order valence-electron chi connectivity index (χ1n) is 31.0. The molecule has 2 unspecified atom stereocenters. The second-order valence-electron chi connectivity index (χ2n) is 27.1. The summed E-state index contributed by atoms with van der Waals surface area (Å²) in [7, 11) is 5.66. The van der Waals surface area contributed by atoms with Crippen LogP contribution in [0.1, 0.15) is 138 Å². The summed E-state index contributed by atoms with van der Waals surface area (Å²) in [4.78, 5) is 69.4. The summed E-state index contributed by atoms with van der Waals surface area (Å²) < 4.78 is 37.4. The topological polar surface area (TPSA) is 195 Å². The fourth-order valence-corrected chi connectivity index (χ4v) is 17.9. The van der Waals surface area contributed by atoms with Crippen LogP contribution in [-0.2, 0) is 53.7 Å². The predicted molar refractivity (Wildman–Crippen MR) is 328 cm³/mol. The number of hydrogen-bond donors (Lipinski definition) is 3. The number of para-hydroxylation sites is 1. The van der Waals surface area contributed by atoms with Crippen molar-refractivity contribution in [1.82, 2.24) is 9.80 Å². The first-order valence-corrected chi connectivity index (χ1v) is 31.0. The summed E-state index contributed by atoms with van der Waals surface area (Å²) in [5, 5.41) is 29.3. The number of nitrogens with zero attached hydrogens (tertiary/aromatic N) is 3. The number of hydroxylamine groups is 1. The van der Waals surface area contributed by atoms with Crippen LogP contribution in [0.3, 0.4) is 0 Å². The summed E-state index contributed by atoms with van der Waals surface area (Å²) in [6, 6.07) is 11.9. The van der Waals surface area contributed by atoms with E-state index in [2.05, 4.69) is 87.0 Å². The average molecular weight is 1190 g/mol. The van der Waals surface area contributed by atoms with Crippen molar-refractivity contribution in [2.24, 2.45) is 22.2 Å². The van der Waals surface area contributed by atoms with Crippen LogP contribution in [0.15, 0.2) is 113 Å². The van der Waals surface area contributed by atoms with E-state index in [1.54, 1.807) is 12.2 Å². The second kappa shape index (κ2) is 23.7. The maximum Gasteiger partial charge on any atom is 0.509 e. The van der Waals surface area contributed by atoms with Gasteiger partial charge in [0.2, 0.25) is 5.60 Å². The fourth-order valence-electron chi connectivity index (χ4n) is 17.9. The van der Waals surface area contributed by atoms with E-state index < -0.39 is 75.8 Å². The molecule has 2 aromatic carbocycles. The molecule has 2 aromatic rings. The van der Waals surface area contributed by atoms with E-state index in [9.17, 15) is 24.6 Å². The lowest BCUT2D eigenvalue weighted by Gasteiger charge is -2.63. The molecule has 2 saturated heterocycles. The van der Waals surface area contributed by atoms with Crippen LogP contribution < -0.4 is 15.1 Å². The number of rotatable bonds is 15. The molecule has 12 atom stereocenters. The van der Waals surface area contributed by atoms with Crippen LogP contribution in [0.5, 0.6) is 5.75 Å². The molecule has 1 saturated carbocycles. The summed E-state index contributed by atoms with van der Waals surface area (Å²) in [6.07, 6.45) is 16.8. The third-order valence-electron chi connectivity index (χ3n) is 21.0. The van der Waals surface area contributed by atoms with Crippen molar-refractivity contribution in [2.75, 3.05) is 71.5 Å². The molecule has 5 aliphatic heterocycles. The number of anilines is 2. The SMILES string of the molecule is CCC1(OC(=O)O[C@@H]2CC(C)=C(/C=C/C=C/C3=C(C)C[C@@H](O)CC3(C)C)C(C)(C)C2)C[C@H]2CN(CC/C=C(\Nc3ccccc3)[C@@](C(=O)OC)(c3cc4c(cc3OC)N(OC)[C@H]3[C@@](O)(C(=O)OC)[C@H](OC(C)=O)[C@]5(CC)C=CCN6CC[C@]43[C@@H]65)C2)C1. The number of allylic oxidation sites excluding steroid dienone is 6. The highest BCUT2D eigenvalue weighted by Gasteiger charge is 2.81. The zero-order chi connectivity index (χ0) is 61.9. The number of benzene rings is 2. The standard InChI is InChI=1S/C69H92N4O13/c1-14-65(86-62(78)85-49-34-44(4)51(64(8,9)40-49)26-20-19-25-50-43(3)33-48(75)39-63(50,6)7)37-46-38-68(60(76)81-11,56(27-21-30-71(41-46)42-65)70-47-23-17-16-18-24-47)53-35-52-54(36-55(53)80-10)73(83-13)58-67(52)29-32-72-31-22-28-66(15-2,57(67)72)59(84-45(5)74)69(58,79)61(77)82-12/h16-20,22-28,35-36,46,48-49,57-59,70,75,79H,14-15,21,29-34,37-42H2,1-13H3/b25-19+,26-20+,56-27-/t46-,48-,49-,57+,58-,59-,65?,66-,67-,68+,69+/m1/s1. The largest absolute Gasteiger partial charge is 0.509 e. The van der Waals surface area contributed by atoms with Crippen molar-refractivity contribution in [3.8, 4) is 5.75 Å². The molecule has 0 radical (unpaired) electrons. The number of methoxy groups -OCH3 is 3. The van der Waals surface area contributed by atoms with Gasteiger partial charge in [0.25, 0.3) is 0 Å². The average Bonchev–Trinajstić information content (AvgIpc) is 1.76. The Morgan fingerprint density at radius 3 is 2.10 bits per heavy atom. The third-order valence-corrected chi connectivity index (χ3v) is 21.0. The highest BCUT2D eigenvalue weighted by Crippen LogP contribution is 2.69. The van der Waals surface area contributed by atoms with Gasteiger partial charge in [0.05, 0.1) is 40.2 Å². The Hall–Kier alpha value is -6.24. The second-order valence-corrected chi connectivity index (χ2v) is 27.1. The van der Waals surface area contributed by atoms with Crippen LogP contribution in [-0.4, -0.2) is 147 Å². The fraction of sp³-hybridized carbons (Fsp3) is 0.594. The minimum atomic E-state index is -2.49. The van der Waals surface area contributed by atoms with Crippen molar-refractivity contribution >= 4 is 35.4 Å². The molecule has 17 nitrogen and oxygen atoms in total. The minimum absolute atomic E-state index is 0.117. The number of aliphatic hydroxyl groups excluding tert-OH is 1. The van der Waals surface area contributed by atoms with E-state index in [0.29, 0.717) is 107 Å². The summed E-state index contributed by atoms with van der Waals surface area (Å²) >= 11 is 0. The number of hydrogen-bond acceptors (Lipinski definition) is 17. The van der Waals surface area contributed by atoms with E-state index in [-0.39, 0.29) is 29.3 Å². The minimum Gasteiger partial charge on any atom is -0.496 e. The van der Waals surface area contributed by atoms with Gasteiger partial charge in [-0.3, -0.25) is 24.2 Å². The third kappa shape index (κ3) is 10.4. The summed E-state index contributed by atoms with van der Waals surface area (Å²) in [5.74, 6) is -2.14. The lowest BCUT2D eigenvalue weighted by molar-refractivity contribution is -0.234. The first-order chi connectivity index (χ1) is 40.9. The Kier molecular flexibility index (Phi) is 17.3. The highest BCUT2D eigenvalue weighted by atomic mass is 16.7. The van der Waals surface area contributed by atoms with Gasteiger partial charge in [-0.2, -0.15) is 0 Å². The molecule has 0 aromatic heterocycles. The van der Waals surface area contributed by atoms with E-state index in [4.69, 9.17) is 33.3 Å². The first kappa shape index (κ1) is 62.8. The number of carbonyl (C=O) groups excluding carboxylic acids is 4. The van der Waals surface area contributed by atoms with E-state index >= 15 is 4.79 Å². The van der Waals surface area contributed by atoms with E-state index in [0.717, 1.165) is 23.2 Å². The van der Waals surface area contributed by atoms with Crippen molar-refractivity contribution < 1.29 is 62.6 Å². The summed E-state index contributed by atoms with van der Waals surface area (Å²) in [5.41, 5.74) is 0.144. The number of piperidine rings is 1. The van der Waals surface area contributed by atoms with Gasteiger partial charge in [-0.1, -0.05) is 113 Å². The van der Waals surface area contributed by atoms with Crippen LogP contribution >= 0.6 is 0 Å². The number of carbonyl (C=O) groups is 4. The van der Waals surface area contributed by atoms with Gasteiger partial charge >= 0.3 is 24.1 Å². The lowest BCUT2D eigenvalue weighted by Crippen LogP contribution is -2.81. The molecule has 3 N–H and O–H groups in total. The van der Waals surface area contributed by atoms with Gasteiger partial charge in [-0.25, -0.2) is 14.7 Å². The zero-order valence-corrected chi connectivity index (χ0v) is 52.9. The van der Waals surface area contributed by atoms with Gasteiger partial charge in [0.1, 0.15) is 28.9 Å². The smallest absolute Gasteiger partial charge is 0.496 e. The number of aliphatic hydroxyl groups is 2. The molecule has 466 valence electrons. The molecule has 10 rings (SSSR count). The van der Waals surface area contributed by atoms with E-state index in [1.165, 1.54) is 45.0 Å². The molecular weight excluding hydrogens is 1090 g/mol. The monoisotopic (exact) mass is 1180 g/mol.